The summed E-state index contributed by atoms with van der Waals surface area (Å²) in [5, 5.41) is 7.98. The predicted octanol–water partition coefficient (Wildman–Crippen LogP) is 1.99. The summed E-state index contributed by atoms with van der Waals surface area (Å²) in [5.74, 6) is 0.734. The molecule has 66 valence electrons. The minimum atomic E-state index is 0.667. The van der Waals surface area contributed by atoms with E-state index in [0.717, 1.165) is 17.9 Å². The van der Waals surface area contributed by atoms with Gasteiger partial charge in [-0.3, -0.25) is 5.41 Å². The van der Waals surface area contributed by atoms with Crippen molar-refractivity contribution in [1.82, 2.24) is 4.90 Å². The summed E-state index contributed by atoms with van der Waals surface area (Å²) in [5.41, 5.74) is 2.45. The highest BCUT2D eigenvalue weighted by molar-refractivity contribution is 6.00. The molecule has 2 heteroatoms. The number of amidine groups is 1. The molecular formula is C11H12N2. The van der Waals surface area contributed by atoms with Gasteiger partial charge in [0.05, 0.1) is 0 Å². The summed E-state index contributed by atoms with van der Waals surface area (Å²) in [7, 11) is 0. The lowest BCUT2D eigenvalue weighted by molar-refractivity contribution is 0.418. The summed E-state index contributed by atoms with van der Waals surface area (Å²) in [6, 6.07) is 8.93. The molecule has 3 rings (SSSR count). The zero-order valence-corrected chi connectivity index (χ0v) is 7.46. The number of rotatable bonds is 1. The van der Waals surface area contributed by atoms with Gasteiger partial charge in [-0.1, -0.05) is 24.3 Å². The van der Waals surface area contributed by atoms with E-state index in [1.165, 1.54) is 18.4 Å². The molecule has 2 aliphatic rings. The number of nitrogens with one attached hydrogen (secondary N) is 1. The van der Waals surface area contributed by atoms with Gasteiger partial charge < -0.3 is 4.90 Å². The Kier molecular flexibility index (Phi) is 1.29. The minimum absolute atomic E-state index is 0.667. The zero-order chi connectivity index (χ0) is 8.84. The molecule has 0 spiro atoms. The van der Waals surface area contributed by atoms with Gasteiger partial charge in [0.15, 0.2) is 0 Å². The van der Waals surface area contributed by atoms with Gasteiger partial charge in [0.25, 0.3) is 0 Å². The maximum absolute atomic E-state index is 7.98. The van der Waals surface area contributed by atoms with Crippen molar-refractivity contribution in [2.75, 3.05) is 0 Å². The highest BCUT2D eigenvalue weighted by atomic mass is 15.2. The van der Waals surface area contributed by atoms with Crippen LogP contribution in [0.25, 0.3) is 0 Å². The van der Waals surface area contributed by atoms with Crippen molar-refractivity contribution in [1.29, 1.82) is 5.41 Å². The topological polar surface area (TPSA) is 27.1 Å². The second-order valence-corrected chi connectivity index (χ2v) is 3.86. The molecule has 1 aliphatic carbocycles. The van der Waals surface area contributed by atoms with Crippen molar-refractivity contribution >= 4 is 5.84 Å². The van der Waals surface area contributed by atoms with Crippen LogP contribution >= 0.6 is 0 Å². The number of fused-ring (bicyclic) bond motifs is 1. The highest BCUT2D eigenvalue weighted by Crippen LogP contribution is 2.34. The van der Waals surface area contributed by atoms with Crippen LogP contribution in [0.1, 0.15) is 24.0 Å². The van der Waals surface area contributed by atoms with Gasteiger partial charge >= 0.3 is 0 Å². The molecule has 0 bridgehead atoms. The van der Waals surface area contributed by atoms with Crippen molar-refractivity contribution in [2.24, 2.45) is 0 Å². The third-order valence-electron chi connectivity index (χ3n) is 2.89. The Morgan fingerprint density at radius 1 is 1.23 bits per heavy atom. The average Bonchev–Trinajstić information content (AvgIpc) is 2.94. The van der Waals surface area contributed by atoms with Gasteiger partial charge in [-0.2, -0.15) is 0 Å². The SMILES string of the molecule is N=C1c2ccccc2CN1C1CC1. The molecule has 1 fully saturated rings. The van der Waals surface area contributed by atoms with Crippen LogP contribution in [0, 0.1) is 5.41 Å². The van der Waals surface area contributed by atoms with E-state index in [0.29, 0.717) is 6.04 Å². The second kappa shape index (κ2) is 2.34. The molecule has 2 nitrogen and oxygen atoms in total. The van der Waals surface area contributed by atoms with E-state index in [9.17, 15) is 0 Å². The van der Waals surface area contributed by atoms with Gasteiger partial charge in [-0.25, -0.2) is 0 Å². The number of benzene rings is 1. The highest BCUT2D eigenvalue weighted by Gasteiger charge is 2.35. The lowest BCUT2D eigenvalue weighted by Crippen LogP contribution is -2.25. The third kappa shape index (κ3) is 0.981. The molecular weight excluding hydrogens is 160 g/mol. The molecule has 1 aliphatic heterocycles. The monoisotopic (exact) mass is 172 g/mol. The van der Waals surface area contributed by atoms with Gasteiger partial charge in [-0.15, -0.1) is 0 Å². The molecule has 0 atom stereocenters. The molecule has 0 unspecified atom stereocenters. The van der Waals surface area contributed by atoms with E-state index in [4.69, 9.17) is 5.41 Å². The first-order valence-corrected chi connectivity index (χ1v) is 4.80. The molecule has 0 radical (unpaired) electrons. The fourth-order valence-electron chi connectivity index (χ4n) is 2.00. The van der Waals surface area contributed by atoms with Crippen molar-refractivity contribution in [3.05, 3.63) is 35.4 Å². The van der Waals surface area contributed by atoms with E-state index < -0.39 is 0 Å². The van der Waals surface area contributed by atoms with Crippen molar-refractivity contribution < 1.29 is 0 Å². The van der Waals surface area contributed by atoms with E-state index in [1.54, 1.807) is 0 Å². The van der Waals surface area contributed by atoms with Crippen LogP contribution in [0.4, 0.5) is 0 Å². The Hall–Kier alpha value is -1.31. The van der Waals surface area contributed by atoms with Crippen LogP contribution in [0.3, 0.4) is 0 Å². The van der Waals surface area contributed by atoms with Crippen LogP contribution in [-0.2, 0) is 6.54 Å². The van der Waals surface area contributed by atoms with Crippen LogP contribution < -0.4 is 0 Å². The fourth-order valence-corrected chi connectivity index (χ4v) is 2.00. The predicted molar refractivity (Wildman–Crippen MR) is 51.8 cm³/mol. The van der Waals surface area contributed by atoms with Crippen molar-refractivity contribution in [2.45, 2.75) is 25.4 Å². The Bertz CT molecular complexity index is 366. The standard InChI is InChI=1S/C11H12N2/c12-11-10-4-2-1-3-8(10)7-13(11)9-5-6-9/h1-4,9,12H,5-7H2. The Morgan fingerprint density at radius 2 is 2.00 bits per heavy atom. The Morgan fingerprint density at radius 3 is 2.69 bits per heavy atom. The summed E-state index contributed by atoms with van der Waals surface area (Å²) < 4.78 is 0. The number of hydrogen-bond acceptors (Lipinski definition) is 1. The summed E-state index contributed by atoms with van der Waals surface area (Å²) in [4.78, 5) is 2.23. The first-order chi connectivity index (χ1) is 6.36. The average molecular weight is 172 g/mol. The minimum Gasteiger partial charge on any atom is -0.349 e. The van der Waals surface area contributed by atoms with Gasteiger partial charge in [0, 0.05) is 18.2 Å². The fraction of sp³-hybridized carbons (Fsp3) is 0.364. The van der Waals surface area contributed by atoms with E-state index in [2.05, 4.69) is 23.1 Å². The summed E-state index contributed by atoms with van der Waals surface area (Å²) in [6.07, 6.45) is 2.55. The van der Waals surface area contributed by atoms with Gasteiger partial charge in [0.1, 0.15) is 5.84 Å². The lowest BCUT2D eigenvalue weighted by Gasteiger charge is -2.16. The zero-order valence-electron chi connectivity index (χ0n) is 7.46. The van der Waals surface area contributed by atoms with Gasteiger partial charge in [-0.05, 0) is 18.4 Å². The lowest BCUT2D eigenvalue weighted by atomic mass is 10.1. The molecule has 1 heterocycles. The van der Waals surface area contributed by atoms with E-state index in [-0.39, 0.29) is 0 Å². The van der Waals surface area contributed by atoms with Crippen LogP contribution in [0.15, 0.2) is 24.3 Å². The molecule has 1 saturated carbocycles. The molecule has 0 saturated heterocycles. The molecule has 0 aromatic heterocycles. The van der Waals surface area contributed by atoms with E-state index >= 15 is 0 Å². The van der Waals surface area contributed by atoms with Crippen LogP contribution in [0.2, 0.25) is 0 Å². The first kappa shape index (κ1) is 7.13. The number of hydrogen-bond donors (Lipinski definition) is 1. The van der Waals surface area contributed by atoms with E-state index in [1.807, 2.05) is 6.07 Å². The molecule has 1 aromatic rings. The van der Waals surface area contributed by atoms with Crippen molar-refractivity contribution in [3.8, 4) is 0 Å². The quantitative estimate of drug-likeness (QED) is 0.689. The maximum atomic E-state index is 7.98. The first-order valence-electron chi connectivity index (χ1n) is 4.80. The molecule has 1 N–H and O–H groups in total. The summed E-state index contributed by atoms with van der Waals surface area (Å²) >= 11 is 0. The van der Waals surface area contributed by atoms with Crippen molar-refractivity contribution in [3.63, 3.8) is 0 Å². The molecule has 13 heavy (non-hydrogen) atoms. The largest absolute Gasteiger partial charge is 0.349 e. The van der Waals surface area contributed by atoms with Crippen LogP contribution in [0.5, 0.6) is 0 Å². The van der Waals surface area contributed by atoms with Gasteiger partial charge in [0.2, 0.25) is 0 Å². The normalized spacial score (nSPS) is 20.6. The molecule has 1 aromatic carbocycles. The Labute approximate surface area is 77.7 Å². The molecule has 0 amide bonds. The third-order valence-corrected chi connectivity index (χ3v) is 2.89. The summed E-state index contributed by atoms with van der Waals surface area (Å²) in [6.45, 7) is 0.958. The Balaban J connectivity index is 2.01. The second-order valence-electron chi connectivity index (χ2n) is 3.86. The maximum Gasteiger partial charge on any atom is 0.128 e. The van der Waals surface area contributed by atoms with Crippen LogP contribution in [-0.4, -0.2) is 16.8 Å². The smallest absolute Gasteiger partial charge is 0.128 e. The number of nitrogens with zero attached hydrogens (tertiary/aromatic N) is 1.